The number of fused-ring (bicyclic) bond motifs is 1. The highest BCUT2D eigenvalue weighted by Gasteiger charge is 2.20. The van der Waals surface area contributed by atoms with Crippen molar-refractivity contribution in [2.75, 3.05) is 0 Å². The van der Waals surface area contributed by atoms with Crippen LogP contribution in [-0.4, -0.2) is 16.6 Å². The molecule has 2 aromatic heterocycles. The van der Waals surface area contributed by atoms with E-state index in [1.165, 1.54) is 0 Å². The molecule has 0 aliphatic rings. The van der Waals surface area contributed by atoms with Crippen LogP contribution in [0.5, 0.6) is 0 Å². The summed E-state index contributed by atoms with van der Waals surface area (Å²) in [5.41, 5.74) is 0.0669. The zero-order chi connectivity index (χ0) is 11.8. The summed E-state index contributed by atoms with van der Waals surface area (Å²) in [6.45, 7) is 5.44. The summed E-state index contributed by atoms with van der Waals surface area (Å²) in [7, 11) is 0. The molecule has 2 rings (SSSR count). The quantitative estimate of drug-likeness (QED) is 0.692. The predicted molar refractivity (Wildman–Crippen MR) is 59.2 cm³/mol. The SMILES string of the molecule is CC(C)(C)OC(=O)c1cc2ccncc2o1. The maximum Gasteiger partial charge on any atom is 0.374 e. The number of carbonyl (C=O) groups is 1. The Hall–Kier alpha value is -1.84. The lowest BCUT2D eigenvalue weighted by Crippen LogP contribution is -2.23. The number of carbonyl (C=O) groups excluding carboxylic acids is 1. The summed E-state index contributed by atoms with van der Waals surface area (Å²) in [4.78, 5) is 15.6. The van der Waals surface area contributed by atoms with E-state index in [0.717, 1.165) is 5.39 Å². The van der Waals surface area contributed by atoms with Gasteiger partial charge in [-0.3, -0.25) is 4.98 Å². The molecule has 0 radical (unpaired) electrons. The van der Waals surface area contributed by atoms with Crippen molar-refractivity contribution in [1.29, 1.82) is 0 Å². The van der Waals surface area contributed by atoms with Gasteiger partial charge in [0.25, 0.3) is 0 Å². The third kappa shape index (κ3) is 2.21. The number of rotatable bonds is 1. The van der Waals surface area contributed by atoms with Gasteiger partial charge >= 0.3 is 5.97 Å². The van der Waals surface area contributed by atoms with Crippen LogP contribution >= 0.6 is 0 Å². The number of furan rings is 1. The summed E-state index contributed by atoms with van der Waals surface area (Å²) in [6, 6.07) is 3.44. The van der Waals surface area contributed by atoms with Crippen LogP contribution in [0.1, 0.15) is 31.3 Å². The fourth-order valence-electron chi connectivity index (χ4n) is 1.31. The Bertz CT molecular complexity index is 489. The van der Waals surface area contributed by atoms with E-state index in [4.69, 9.17) is 9.15 Å². The van der Waals surface area contributed by atoms with Crippen molar-refractivity contribution >= 4 is 16.9 Å². The molecule has 0 atom stereocenters. The second kappa shape index (κ2) is 3.63. The molecule has 0 saturated heterocycles. The standard InChI is InChI=1S/C12H13NO3/c1-12(2,3)16-11(14)9-6-8-4-5-13-7-10(8)15-9/h4-7H,1-3H3. The van der Waals surface area contributed by atoms with Gasteiger partial charge in [0, 0.05) is 11.6 Å². The number of ether oxygens (including phenoxy) is 1. The lowest BCUT2D eigenvalue weighted by atomic mass is 10.2. The van der Waals surface area contributed by atoms with Crippen LogP contribution in [0.25, 0.3) is 11.0 Å². The van der Waals surface area contributed by atoms with Crippen LogP contribution < -0.4 is 0 Å². The molecule has 4 nitrogen and oxygen atoms in total. The first kappa shape index (κ1) is 10.7. The number of hydrogen-bond acceptors (Lipinski definition) is 4. The fourth-order valence-corrected chi connectivity index (χ4v) is 1.31. The van der Waals surface area contributed by atoms with Crippen LogP contribution in [0.3, 0.4) is 0 Å². The smallest absolute Gasteiger partial charge is 0.374 e. The summed E-state index contributed by atoms with van der Waals surface area (Å²) in [5, 5.41) is 0.843. The van der Waals surface area contributed by atoms with Gasteiger partial charge in [0.1, 0.15) is 5.60 Å². The van der Waals surface area contributed by atoms with Crippen molar-refractivity contribution in [3.8, 4) is 0 Å². The van der Waals surface area contributed by atoms with Gasteiger partial charge in [-0.2, -0.15) is 0 Å². The average Bonchev–Trinajstić information content (AvgIpc) is 2.58. The molecule has 16 heavy (non-hydrogen) atoms. The minimum Gasteiger partial charge on any atom is -0.454 e. The lowest BCUT2D eigenvalue weighted by molar-refractivity contribution is 0.00382. The Morgan fingerprint density at radius 3 is 2.81 bits per heavy atom. The van der Waals surface area contributed by atoms with Gasteiger partial charge in [-0.1, -0.05) is 0 Å². The van der Waals surface area contributed by atoms with Gasteiger partial charge in [0.15, 0.2) is 5.58 Å². The minimum atomic E-state index is -0.520. The number of pyridine rings is 1. The van der Waals surface area contributed by atoms with Crippen LogP contribution in [0.2, 0.25) is 0 Å². The van der Waals surface area contributed by atoms with Crippen molar-refractivity contribution < 1.29 is 13.9 Å². The van der Waals surface area contributed by atoms with Gasteiger partial charge in [0.2, 0.25) is 5.76 Å². The van der Waals surface area contributed by atoms with Crippen LogP contribution in [0, 0.1) is 0 Å². The first-order chi connectivity index (χ1) is 7.46. The Kier molecular flexibility index (Phi) is 2.42. The third-order valence-corrected chi connectivity index (χ3v) is 1.92. The van der Waals surface area contributed by atoms with Gasteiger partial charge in [-0.05, 0) is 32.9 Å². The summed E-state index contributed by atoms with van der Waals surface area (Å²) in [5.74, 6) is -0.248. The Labute approximate surface area is 93.2 Å². The van der Waals surface area contributed by atoms with E-state index in [2.05, 4.69) is 4.98 Å². The van der Waals surface area contributed by atoms with E-state index in [9.17, 15) is 4.79 Å². The average molecular weight is 219 g/mol. The molecule has 0 N–H and O–H groups in total. The van der Waals surface area contributed by atoms with Crippen LogP contribution in [0.4, 0.5) is 0 Å². The molecule has 0 aliphatic heterocycles. The highest BCUT2D eigenvalue weighted by atomic mass is 16.6. The molecule has 0 amide bonds. The highest BCUT2D eigenvalue weighted by Crippen LogP contribution is 2.20. The fraction of sp³-hybridized carbons (Fsp3) is 0.333. The number of nitrogens with zero attached hydrogens (tertiary/aromatic N) is 1. The molecular formula is C12H13NO3. The zero-order valence-corrected chi connectivity index (χ0v) is 9.48. The number of aromatic nitrogens is 1. The number of esters is 1. The second-order valence-corrected chi connectivity index (χ2v) is 4.53. The highest BCUT2D eigenvalue weighted by molar-refractivity contribution is 5.92. The Morgan fingerprint density at radius 2 is 2.19 bits per heavy atom. The van der Waals surface area contributed by atoms with E-state index < -0.39 is 11.6 Å². The molecule has 0 unspecified atom stereocenters. The molecule has 0 aromatic carbocycles. The van der Waals surface area contributed by atoms with Crippen molar-refractivity contribution in [1.82, 2.24) is 4.98 Å². The van der Waals surface area contributed by atoms with Crippen molar-refractivity contribution in [2.45, 2.75) is 26.4 Å². The van der Waals surface area contributed by atoms with Crippen molar-refractivity contribution in [3.05, 3.63) is 30.3 Å². The predicted octanol–water partition coefficient (Wildman–Crippen LogP) is 2.78. The molecule has 0 fully saturated rings. The van der Waals surface area contributed by atoms with Crippen LogP contribution in [-0.2, 0) is 4.74 Å². The van der Waals surface area contributed by atoms with Crippen molar-refractivity contribution in [2.24, 2.45) is 0 Å². The van der Waals surface area contributed by atoms with Gasteiger partial charge in [-0.15, -0.1) is 0 Å². The zero-order valence-electron chi connectivity index (χ0n) is 9.48. The molecule has 84 valence electrons. The Balaban J connectivity index is 2.30. The molecule has 0 bridgehead atoms. The van der Waals surface area contributed by atoms with E-state index >= 15 is 0 Å². The third-order valence-electron chi connectivity index (χ3n) is 1.92. The second-order valence-electron chi connectivity index (χ2n) is 4.53. The topological polar surface area (TPSA) is 52.3 Å². The number of hydrogen-bond donors (Lipinski definition) is 0. The summed E-state index contributed by atoms with van der Waals surface area (Å²) >= 11 is 0. The van der Waals surface area contributed by atoms with E-state index in [-0.39, 0.29) is 5.76 Å². The molecular weight excluding hydrogens is 206 g/mol. The Morgan fingerprint density at radius 1 is 1.44 bits per heavy atom. The molecule has 0 saturated carbocycles. The van der Waals surface area contributed by atoms with Gasteiger partial charge < -0.3 is 9.15 Å². The maximum atomic E-state index is 11.7. The van der Waals surface area contributed by atoms with E-state index in [0.29, 0.717) is 5.58 Å². The lowest BCUT2D eigenvalue weighted by Gasteiger charge is -2.18. The van der Waals surface area contributed by atoms with Crippen molar-refractivity contribution in [3.63, 3.8) is 0 Å². The molecule has 0 spiro atoms. The van der Waals surface area contributed by atoms with Crippen LogP contribution in [0.15, 0.2) is 28.9 Å². The normalized spacial score (nSPS) is 11.7. The molecule has 2 heterocycles. The molecule has 0 aliphatic carbocycles. The molecule has 2 aromatic rings. The van der Waals surface area contributed by atoms with E-state index in [1.807, 2.05) is 20.8 Å². The molecule has 4 heteroatoms. The largest absolute Gasteiger partial charge is 0.454 e. The first-order valence-corrected chi connectivity index (χ1v) is 5.03. The first-order valence-electron chi connectivity index (χ1n) is 5.03. The monoisotopic (exact) mass is 219 g/mol. The van der Waals surface area contributed by atoms with Gasteiger partial charge in [0.05, 0.1) is 6.20 Å². The maximum absolute atomic E-state index is 11.7. The summed E-state index contributed by atoms with van der Waals surface area (Å²) < 4.78 is 10.5. The summed E-state index contributed by atoms with van der Waals surface area (Å²) in [6.07, 6.45) is 3.22. The van der Waals surface area contributed by atoms with Gasteiger partial charge in [-0.25, -0.2) is 4.79 Å². The van der Waals surface area contributed by atoms with E-state index in [1.54, 1.807) is 24.5 Å². The minimum absolute atomic E-state index is 0.206.